The van der Waals surface area contributed by atoms with Crippen molar-refractivity contribution in [3.8, 4) is 50.2 Å². The quantitative estimate of drug-likeness (QED) is 0.152. The maximum absolute atomic E-state index is 2.41. The first-order valence-electron chi connectivity index (χ1n) is 19.2. The standard InChI is InChI=1S/C54H38N2/c1-5-17-39(18-6-1)42-31-33-47(34-32-42)55(49-37-44(40-19-7-2-8-20-40)35-45(38-49)41-21-9-3-10-22-41)48-26-15-23-43(36-48)50-28-16-30-53-54(50)51-27-13-14-29-52(51)56(53)46-24-11-4-12-25-46/h1-38H. The summed E-state index contributed by atoms with van der Waals surface area (Å²) in [4.78, 5) is 2.41. The highest BCUT2D eigenvalue weighted by Crippen LogP contribution is 2.43. The van der Waals surface area contributed by atoms with Gasteiger partial charge in [-0.3, -0.25) is 0 Å². The van der Waals surface area contributed by atoms with Crippen LogP contribution >= 0.6 is 0 Å². The Labute approximate surface area is 327 Å². The maximum atomic E-state index is 2.41. The second-order valence-corrected chi connectivity index (χ2v) is 14.2. The molecule has 1 heterocycles. The molecule has 264 valence electrons. The largest absolute Gasteiger partial charge is 0.310 e. The number of benzene rings is 9. The minimum absolute atomic E-state index is 1.09. The van der Waals surface area contributed by atoms with Crippen LogP contribution < -0.4 is 4.90 Å². The number of para-hydroxylation sites is 2. The van der Waals surface area contributed by atoms with Crippen molar-refractivity contribution in [3.63, 3.8) is 0 Å². The molecule has 0 unspecified atom stereocenters. The van der Waals surface area contributed by atoms with Crippen LogP contribution in [-0.2, 0) is 0 Å². The van der Waals surface area contributed by atoms with Crippen LogP contribution in [0.15, 0.2) is 231 Å². The van der Waals surface area contributed by atoms with E-state index < -0.39 is 0 Å². The molecule has 0 saturated carbocycles. The Bertz CT molecular complexity index is 2870. The molecule has 0 bridgehead atoms. The van der Waals surface area contributed by atoms with E-state index in [0.717, 1.165) is 28.3 Å². The van der Waals surface area contributed by atoms with Crippen LogP contribution in [0.2, 0.25) is 0 Å². The lowest BCUT2D eigenvalue weighted by Gasteiger charge is -2.27. The highest BCUT2D eigenvalue weighted by molar-refractivity contribution is 6.16. The number of nitrogens with zero attached hydrogens (tertiary/aromatic N) is 2. The molecule has 0 atom stereocenters. The third-order valence-electron chi connectivity index (χ3n) is 10.8. The van der Waals surface area contributed by atoms with Gasteiger partial charge in [-0.15, -0.1) is 0 Å². The van der Waals surface area contributed by atoms with Crippen LogP contribution in [0, 0.1) is 0 Å². The summed E-state index contributed by atoms with van der Waals surface area (Å²) in [5.74, 6) is 0. The third-order valence-corrected chi connectivity index (χ3v) is 10.8. The molecule has 0 saturated heterocycles. The molecule has 10 rings (SSSR count). The Hall–Kier alpha value is -7.42. The second-order valence-electron chi connectivity index (χ2n) is 14.2. The van der Waals surface area contributed by atoms with E-state index in [2.05, 4.69) is 240 Å². The average molecular weight is 715 g/mol. The van der Waals surface area contributed by atoms with Gasteiger partial charge in [-0.05, 0) is 111 Å². The first-order valence-corrected chi connectivity index (χ1v) is 19.2. The highest BCUT2D eigenvalue weighted by Gasteiger charge is 2.19. The average Bonchev–Trinajstić information content (AvgIpc) is 3.63. The molecule has 0 amide bonds. The van der Waals surface area contributed by atoms with E-state index in [-0.39, 0.29) is 0 Å². The van der Waals surface area contributed by atoms with E-state index in [1.807, 2.05) is 0 Å². The number of aromatic nitrogens is 1. The molecule has 1 aromatic heterocycles. The smallest absolute Gasteiger partial charge is 0.0547 e. The highest BCUT2D eigenvalue weighted by atomic mass is 15.1. The van der Waals surface area contributed by atoms with Gasteiger partial charge in [0.15, 0.2) is 0 Å². The molecule has 0 aliphatic heterocycles. The van der Waals surface area contributed by atoms with E-state index >= 15 is 0 Å². The van der Waals surface area contributed by atoms with Crippen molar-refractivity contribution in [2.75, 3.05) is 4.90 Å². The summed E-state index contributed by atoms with van der Waals surface area (Å²) in [5.41, 5.74) is 16.3. The van der Waals surface area contributed by atoms with E-state index in [9.17, 15) is 0 Å². The lowest BCUT2D eigenvalue weighted by Crippen LogP contribution is -2.10. The second kappa shape index (κ2) is 14.4. The van der Waals surface area contributed by atoms with Gasteiger partial charge >= 0.3 is 0 Å². The Morgan fingerprint density at radius 3 is 1.41 bits per heavy atom. The van der Waals surface area contributed by atoms with Gasteiger partial charge in [0, 0.05) is 33.5 Å². The lowest BCUT2D eigenvalue weighted by molar-refractivity contribution is 1.18. The summed E-state index contributed by atoms with van der Waals surface area (Å²) in [6, 6.07) is 83.1. The predicted octanol–water partition coefficient (Wildman–Crippen LogP) is 14.9. The summed E-state index contributed by atoms with van der Waals surface area (Å²) >= 11 is 0. The van der Waals surface area contributed by atoms with Gasteiger partial charge in [-0.1, -0.05) is 164 Å². The summed E-state index contributed by atoms with van der Waals surface area (Å²) in [6.07, 6.45) is 0. The van der Waals surface area contributed by atoms with Crippen molar-refractivity contribution in [1.29, 1.82) is 0 Å². The fourth-order valence-electron chi connectivity index (χ4n) is 8.14. The van der Waals surface area contributed by atoms with E-state index in [1.54, 1.807) is 0 Å². The third kappa shape index (κ3) is 6.14. The number of hydrogen-bond donors (Lipinski definition) is 0. The van der Waals surface area contributed by atoms with E-state index in [4.69, 9.17) is 0 Å². The van der Waals surface area contributed by atoms with Gasteiger partial charge < -0.3 is 9.47 Å². The molecule has 9 aromatic carbocycles. The normalized spacial score (nSPS) is 11.2. The molecule has 0 N–H and O–H groups in total. The molecule has 56 heavy (non-hydrogen) atoms. The monoisotopic (exact) mass is 714 g/mol. The van der Waals surface area contributed by atoms with Crippen LogP contribution in [0.5, 0.6) is 0 Å². The van der Waals surface area contributed by atoms with Gasteiger partial charge in [-0.25, -0.2) is 0 Å². The fraction of sp³-hybridized carbons (Fsp3) is 0. The zero-order valence-corrected chi connectivity index (χ0v) is 30.8. The van der Waals surface area contributed by atoms with Crippen LogP contribution in [-0.4, -0.2) is 4.57 Å². The summed E-state index contributed by atoms with van der Waals surface area (Å²) in [6.45, 7) is 0. The Kier molecular flexibility index (Phi) is 8.55. The minimum Gasteiger partial charge on any atom is -0.310 e. The molecule has 10 aromatic rings. The van der Waals surface area contributed by atoms with Crippen molar-refractivity contribution in [2.24, 2.45) is 0 Å². The zero-order valence-electron chi connectivity index (χ0n) is 30.8. The lowest BCUT2D eigenvalue weighted by atomic mass is 9.96. The fourth-order valence-corrected chi connectivity index (χ4v) is 8.14. The molecule has 0 radical (unpaired) electrons. The zero-order chi connectivity index (χ0) is 37.3. The van der Waals surface area contributed by atoms with Crippen LogP contribution in [0.1, 0.15) is 0 Å². The first kappa shape index (κ1) is 33.2. The number of anilines is 3. The molecule has 0 spiro atoms. The molecule has 0 aliphatic rings. The molecule has 2 heteroatoms. The van der Waals surface area contributed by atoms with Gasteiger partial charge in [-0.2, -0.15) is 0 Å². The molecular formula is C54H38N2. The molecule has 0 aliphatic carbocycles. The Morgan fingerprint density at radius 2 is 0.768 bits per heavy atom. The summed E-state index contributed by atoms with van der Waals surface area (Å²) < 4.78 is 2.39. The van der Waals surface area contributed by atoms with Crippen molar-refractivity contribution < 1.29 is 0 Å². The van der Waals surface area contributed by atoms with Crippen molar-refractivity contribution >= 4 is 38.9 Å². The van der Waals surface area contributed by atoms with Crippen molar-refractivity contribution in [2.45, 2.75) is 0 Å². The first-order chi connectivity index (χ1) is 27.8. The van der Waals surface area contributed by atoms with Crippen LogP contribution in [0.25, 0.3) is 72.0 Å². The van der Waals surface area contributed by atoms with Gasteiger partial charge in [0.05, 0.1) is 11.0 Å². The number of rotatable bonds is 8. The van der Waals surface area contributed by atoms with Crippen molar-refractivity contribution in [3.05, 3.63) is 231 Å². The number of hydrogen-bond acceptors (Lipinski definition) is 1. The van der Waals surface area contributed by atoms with Gasteiger partial charge in [0.1, 0.15) is 0 Å². The SMILES string of the molecule is c1ccc(-c2ccc(N(c3cc(-c4ccccc4)cc(-c4ccccc4)c3)c3cccc(-c4cccc5c4c4ccccc4n5-c4ccccc4)c3)cc2)cc1. The maximum Gasteiger partial charge on any atom is 0.0547 e. The molecule has 0 fully saturated rings. The van der Waals surface area contributed by atoms with E-state index in [0.29, 0.717) is 0 Å². The topological polar surface area (TPSA) is 8.17 Å². The van der Waals surface area contributed by atoms with E-state index in [1.165, 1.54) is 60.8 Å². The Balaban J connectivity index is 1.18. The van der Waals surface area contributed by atoms with Gasteiger partial charge in [0.25, 0.3) is 0 Å². The summed E-state index contributed by atoms with van der Waals surface area (Å²) in [5, 5.41) is 2.49. The molecule has 2 nitrogen and oxygen atoms in total. The minimum atomic E-state index is 1.09. The van der Waals surface area contributed by atoms with Crippen molar-refractivity contribution in [1.82, 2.24) is 4.57 Å². The predicted molar refractivity (Wildman–Crippen MR) is 237 cm³/mol. The van der Waals surface area contributed by atoms with Gasteiger partial charge in [0.2, 0.25) is 0 Å². The Morgan fingerprint density at radius 1 is 0.286 bits per heavy atom. The summed E-state index contributed by atoms with van der Waals surface area (Å²) in [7, 11) is 0. The molecular weight excluding hydrogens is 677 g/mol. The van der Waals surface area contributed by atoms with Crippen LogP contribution in [0.4, 0.5) is 17.1 Å². The van der Waals surface area contributed by atoms with Crippen LogP contribution in [0.3, 0.4) is 0 Å². The number of fused-ring (bicyclic) bond motifs is 3.